The number of aromatic amines is 1. The lowest BCUT2D eigenvalue weighted by Gasteiger charge is -2.28. The number of aliphatic hydroxyl groups excluding tert-OH is 1. The lowest BCUT2D eigenvalue weighted by Crippen LogP contribution is -2.45. The number of nitrogens with one attached hydrogen (secondary N) is 2. The van der Waals surface area contributed by atoms with Crippen molar-refractivity contribution in [2.24, 2.45) is 0 Å². The average molecular weight is 237 g/mol. The molecule has 0 saturated heterocycles. The molecule has 6 nitrogen and oxygen atoms in total. The summed E-state index contributed by atoms with van der Waals surface area (Å²) in [5.74, 6) is -0.368. The van der Waals surface area contributed by atoms with E-state index in [1.54, 1.807) is 0 Å². The monoisotopic (exact) mass is 237 g/mol. The number of aromatic nitrogens is 2. The van der Waals surface area contributed by atoms with Crippen LogP contribution in [0.2, 0.25) is 0 Å². The highest BCUT2D eigenvalue weighted by Crippen LogP contribution is 2.18. The summed E-state index contributed by atoms with van der Waals surface area (Å²) in [7, 11) is 0. The molecule has 1 aromatic heterocycles. The van der Waals surface area contributed by atoms with E-state index in [9.17, 15) is 14.7 Å². The van der Waals surface area contributed by atoms with Crippen molar-refractivity contribution in [3.63, 3.8) is 0 Å². The van der Waals surface area contributed by atoms with Crippen LogP contribution in [-0.4, -0.2) is 33.1 Å². The third kappa shape index (κ3) is 2.91. The van der Waals surface area contributed by atoms with E-state index in [4.69, 9.17) is 0 Å². The number of aliphatic hydroxyl groups is 1. The van der Waals surface area contributed by atoms with E-state index in [1.165, 1.54) is 6.20 Å². The molecule has 0 spiro atoms. The fraction of sp³-hybridized carbons (Fsp3) is 0.545. The van der Waals surface area contributed by atoms with E-state index in [1.807, 2.05) is 0 Å². The average Bonchev–Trinajstić information content (AvgIpc) is 2.33. The van der Waals surface area contributed by atoms with Crippen LogP contribution in [0.25, 0.3) is 0 Å². The van der Waals surface area contributed by atoms with Crippen molar-refractivity contribution < 1.29 is 9.90 Å². The fourth-order valence-corrected chi connectivity index (χ4v) is 1.99. The number of rotatable bonds is 2. The number of nitrogens with zero attached hydrogens (tertiary/aromatic N) is 1. The Morgan fingerprint density at radius 2 is 2.24 bits per heavy atom. The molecule has 0 bridgehead atoms. The zero-order chi connectivity index (χ0) is 12.3. The summed E-state index contributed by atoms with van der Waals surface area (Å²) in [6.07, 6.45) is 5.32. The maximum absolute atomic E-state index is 11.8. The number of carbonyl (C=O) groups excluding carboxylic acids is 1. The molecule has 2 unspecified atom stereocenters. The minimum Gasteiger partial charge on any atom is -0.391 e. The quantitative estimate of drug-likeness (QED) is 0.664. The zero-order valence-corrected chi connectivity index (χ0v) is 9.35. The van der Waals surface area contributed by atoms with Crippen LogP contribution >= 0.6 is 0 Å². The van der Waals surface area contributed by atoms with Crippen LogP contribution in [0.5, 0.6) is 0 Å². The standard InChI is InChI=1S/C11H15N3O3/c15-9-4-2-1-3-7(9)14-11(17)8-5-13-10(16)6-12-8/h5-7,9,15H,1-4H2,(H,13,16)(H,14,17). The predicted molar refractivity (Wildman–Crippen MR) is 60.6 cm³/mol. The van der Waals surface area contributed by atoms with Gasteiger partial charge < -0.3 is 15.4 Å². The van der Waals surface area contributed by atoms with Crippen molar-refractivity contribution in [1.82, 2.24) is 15.3 Å². The second-order valence-electron chi connectivity index (χ2n) is 4.23. The second kappa shape index (κ2) is 5.09. The molecule has 3 N–H and O–H groups in total. The fourth-order valence-electron chi connectivity index (χ4n) is 1.99. The van der Waals surface area contributed by atoms with Crippen LogP contribution in [0, 0.1) is 0 Å². The van der Waals surface area contributed by atoms with Gasteiger partial charge in [0.1, 0.15) is 5.69 Å². The Hall–Kier alpha value is -1.69. The lowest BCUT2D eigenvalue weighted by molar-refractivity contribution is 0.0713. The third-order valence-electron chi connectivity index (χ3n) is 2.95. The normalized spacial score (nSPS) is 24.3. The number of hydrogen-bond acceptors (Lipinski definition) is 4. The van der Waals surface area contributed by atoms with E-state index in [-0.39, 0.29) is 23.2 Å². The number of hydrogen-bond donors (Lipinski definition) is 3. The lowest BCUT2D eigenvalue weighted by atomic mass is 9.92. The maximum atomic E-state index is 11.8. The van der Waals surface area contributed by atoms with E-state index < -0.39 is 6.10 Å². The first kappa shape index (κ1) is 11.8. The highest BCUT2D eigenvalue weighted by atomic mass is 16.3. The van der Waals surface area contributed by atoms with Crippen LogP contribution < -0.4 is 10.9 Å². The Balaban J connectivity index is 2.01. The van der Waals surface area contributed by atoms with Crippen LogP contribution in [-0.2, 0) is 0 Å². The molecule has 1 aromatic rings. The van der Waals surface area contributed by atoms with Gasteiger partial charge in [-0.25, -0.2) is 4.98 Å². The Bertz CT molecular complexity index is 437. The molecule has 6 heteroatoms. The van der Waals surface area contributed by atoms with E-state index in [0.717, 1.165) is 25.5 Å². The molecule has 1 amide bonds. The molecule has 0 radical (unpaired) electrons. The maximum Gasteiger partial charge on any atom is 0.271 e. The number of carbonyl (C=O) groups is 1. The Labute approximate surface area is 98.1 Å². The molecule has 1 aliphatic carbocycles. The summed E-state index contributed by atoms with van der Waals surface area (Å²) in [5, 5.41) is 12.4. The van der Waals surface area contributed by atoms with Gasteiger partial charge in [0.25, 0.3) is 11.5 Å². The molecule has 92 valence electrons. The van der Waals surface area contributed by atoms with Crippen LogP contribution in [0.1, 0.15) is 36.2 Å². The van der Waals surface area contributed by atoms with Crippen molar-refractivity contribution in [3.05, 3.63) is 28.4 Å². The van der Waals surface area contributed by atoms with Gasteiger partial charge in [-0.2, -0.15) is 0 Å². The SMILES string of the molecule is O=C(NC1CCCCC1O)c1c[nH]c(=O)cn1. The molecule has 1 aliphatic rings. The van der Waals surface area contributed by atoms with Crippen molar-refractivity contribution in [2.45, 2.75) is 37.8 Å². The Morgan fingerprint density at radius 3 is 2.88 bits per heavy atom. The first-order valence-corrected chi connectivity index (χ1v) is 5.70. The summed E-state index contributed by atoms with van der Waals surface area (Å²) >= 11 is 0. The van der Waals surface area contributed by atoms with Gasteiger partial charge in [-0.15, -0.1) is 0 Å². The van der Waals surface area contributed by atoms with E-state index >= 15 is 0 Å². The third-order valence-corrected chi connectivity index (χ3v) is 2.95. The predicted octanol–water partition coefficient (Wildman–Crippen LogP) is -0.197. The van der Waals surface area contributed by atoms with Gasteiger partial charge in [0.2, 0.25) is 0 Å². The van der Waals surface area contributed by atoms with Crippen molar-refractivity contribution in [1.29, 1.82) is 0 Å². The van der Waals surface area contributed by atoms with Gasteiger partial charge in [0.15, 0.2) is 0 Å². The highest BCUT2D eigenvalue weighted by Gasteiger charge is 2.25. The number of H-pyrrole nitrogens is 1. The molecule has 1 saturated carbocycles. The minimum atomic E-state index is -0.490. The molecular weight excluding hydrogens is 222 g/mol. The first-order chi connectivity index (χ1) is 8.16. The zero-order valence-electron chi connectivity index (χ0n) is 9.35. The van der Waals surface area contributed by atoms with Crippen molar-refractivity contribution in [2.75, 3.05) is 0 Å². The molecule has 2 rings (SSSR count). The molecule has 0 aliphatic heterocycles. The molecule has 1 fully saturated rings. The van der Waals surface area contributed by atoms with Crippen LogP contribution in [0.4, 0.5) is 0 Å². The minimum absolute atomic E-state index is 0.155. The first-order valence-electron chi connectivity index (χ1n) is 5.70. The summed E-state index contributed by atoms with van der Waals surface area (Å²) in [5.41, 5.74) is -0.193. The topological polar surface area (TPSA) is 95.1 Å². The molecule has 1 heterocycles. The highest BCUT2D eigenvalue weighted by molar-refractivity contribution is 5.92. The van der Waals surface area contributed by atoms with E-state index in [0.29, 0.717) is 6.42 Å². The Kier molecular flexibility index (Phi) is 3.53. The summed E-state index contributed by atoms with van der Waals surface area (Å²) < 4.78 is 0. The number of amides is 1. The van der Waals surface area contributed by atoms with Gasteiger partial charge >= 0.3 is 0 Å². The van der Waals surface area contributed by atoms with E-state index in [2.05, 4.69) is 15.3 Å². The van der Waals surface area contributed by atoms with Gasteiger partial charge in [0, 0.05) is 6.20 Å². The molecule has 0 aromatic carbocycles. The largest absolute Gasteiger partial charge is 0.391 e. The smallest absolute Gasteiger partial charge is 0.271 e. The summed E-state index contributed by atoms with van der Waals surface area (Å²) in [6, 6.07) is -0.218. The van der Waals surface area contributed by atoms with Crippen LogP contribution in [0.15, 0.2) is 17.2 Å². The van der Waals surface area contributed by atoms with Gasteiger partial charge in [-0.05, 0) is 12.8 Å². The summed E-state index contributed by atoms with van der Waals surface area (Å²) in [4.78, 5) is 28.7. The van der Waals surface area contributed by atoms with Gasteiger partial charge in [-0.1, -0.05) is 12.8 Å². The molecule has 17 heavy (non-hydrogen) atoms. The van der Waals surface area contributed by atoms with Crippen LogP contribution in [0.3, 0.4) is 0 Å². The molecule has 2 atom stereocenters. The van der Waals surface area contributed by atoms with Crippen molar-refractivity contribution >= 4 is 5.91 Å². The molecular formula is C11H15N3O3. The Morgan fingerprint density at radius 1 is 1.47 bits per heavy atom. The summed E-state index contributed by atoms with van der Waals surface area (Å²) in [6.45, 7) is 0. The van der Waals surface area contributed by atoms with Crippen molar-refractivity contribution in [3.8, 4) is 0 Å². The van der Waals surface area contributed by atoms with Gasteiger partial charge in [-0.3, -0.25) is 9.59 Å². The van der Waals surface area contributed by atoms with Gasteiger partial charge in [0.05, 0.1) is 18.3 Å². The second-order valence-corrected chi connectivity index (χ2v) is 4.23.